The average molecular weight is 230 g/mol. The lowest BCUT2D eigenvalue weighted by atomic mass is 9.92. The monoisotopic (exact) mass is 230 g/mol. The van der Waals surface area contributed by atoms with Crippen molar-refractivity contribution in [2.75, 3.05) is 13.2 Å². The fourth-order valence-corrected chi connectivity index (χ4v) is 1.83. The molecule has 2 atom stereocenters. The van der Waals surface area contributed by atoms with E-state index in [0.29, 0.717) is 13.0 Å². The summed E-state index contributed by atoms with van der Waals surface area (Å²) in [6.07, 6.45) is 0.819. The third-order valence-corrected chi connectivity index (χ3v) is 3.22. The molecule has 0 aromatic rings. The molecule has 4 nitrogen and oxygen atoms in total. The molecule has 1 aliphatic heterocycles. The minimum Gasteiger partial charge on any atom is -0.340 e. The Balaban J connectivity index is 2.86. The molecule has 1 aliphatic rings. The van der Waals surface area contributed by atoms with Crippen molar-refractivity contribution >= 4 is 11.8 Å². The topological polar surface area (TPSA) is 49.4 Å². The second kappa shape index (κ2) is 4.80. The number of carbonyl (C=O) groups excluding carboxylic acids is 2. The maximum absolute atomic E-state index is 12.1. The summed E-state index contributed by atoms with van der Waals surface area (Å²) in [6.45, 7) is 5.06. The summed E-state index contributed by atoms with van der Waals surface area (Å²) in [4.78, 5) is 25.3. The van der Waals surface area contributed by atoms with Gasteiger partial charge in [0, 0.05) is 6.54 Å². The Hall–Kier alpha value is -1.13. The van der Waals surface area contributed by atoms with Crippen molar-refractivity contribution in [2.45, 2.75) is 45.2 Å². The number of nitrogens with one attached hydrogen (secondary N) is 1. The van der Waals surface area contributed by atoms with Crippen LogP contribution in [0.15, 0.2) is 0 Å². The fraction of sp³-hybridized carbons (Fsp3) is 0.818. The van der Waals surface area contributed by atoms with Gasteiger partial charge >= 0.3 is 0 Å². The third kappa shape index (κ3) is 2.18. The number of nitrogens with zero attached hydrogens (tertiary/aromatic N) is 1. The quantitative estimate of drug-likeness (QED) is 0.778. The van der Waals surface area contributed by atoms with E-state index in [2.05, 4.69) is 5.32 Å². The van der Waals surface area contributed by atoms with Gasteiger partial charge in [0.05, 0.1) is 6.67 Å². The van der Waals surface area contributed by atoms with Crippen LogP contribution in [0.2, 0.25) is 0 Å². The molecule has 0 radical (unpaired) electrons. The molecule has 2 unspecified atom stereocenters. The van der Waals surface area contributed by atoms with Crippen LogP contribution in [0, 0.1) is 0 Å². The first-order valence-corrected chi connectivity index (χ1v) is 5.65. The van der Waals surface area contributed by atoms with E-state index in [9.17, 15) is 14.0 Å². The first-order chi connectivity index (χ1) is 7.46. The van der Waals surface area contributed by atoms with Gasteiger partial charge in [0.15, 0.2) is 0 Å². The molecule has 0 bridgehead atoms. The molecule has 1 fully saturated rings. The van der Waals surface area contributed by atoms with Crippen molar-refractivity contribution in [2.24, 2.45) is 0 Å². The number of carbonyl (C=O) groups is 2. The van der Waals surface area contributed by atoms with Gasteiger partial charge in [0.2, 0.25) is 11.8 Å². The van der Waals surface area contributed by atoms with E-state index in [1.807, 2.05) is 6.92 Å². The Morgan fingerprint density at radius 2 is 2.12 bits per heavy atom. The van der Waals surface area contributed by atoms with E-state index in [1.165, 1.54) is 4.90 Å². The normalized spacial score (nSPS) is 30.5. The molecular formula is C11H19FN2O2. The van der Waals surface area contributed by atoms with E-state index in [4.69, 9.17) is 0 Å². The molecule has 0 spiro atoms. The van der Waals surface area contributed by atoms with E-state index < -0.39 is 18.3 Å². The molecule has 5 heteroatoms. The zero-order chi connectivity index (χ0) is 12.3. The van der Waals surface area contributed by atoms with Crippen LogP contribution in [0.25, 0.3) is 0 Å². The lowest BCUT2D eigenvalue weighted by Gasteiger charge is -2.43. The predicted molar refractivity (Wildman–Crippen MR) is 58.6 cm³/mol. The molecule has 1 heterocycles. The Morgan fingerprint density at radius 3 is 2.62 bits per heavy atom. The average Bonchev–Trinajstić information content (AvgIpc) is 2.27. The third-order valence-electron chi connectivity index (χ3n) is 3.22. The molecule has 0 aromatic heterocycles. The number of piperazine rings is 1. The summed E-state index contributed by atoms with van der Waals surface area (Å²) in [6, 6.07) is -0.501. The largest absolute Gasteiger partial charge is 0.340 e. The molecule has 16 heavy (non-hydrogen) atoms. The van der Waals surface area contributed by atoms with Gasteiger partial charge in [0.25, 0.3) is 0 Å². The highest BCUT2D eigenvalue weighted by molar-refractivity contribution is 5.99. The van der Waals surface area contributed by atoms with Gasteiger partial charge < -0.3 is 10.2 Å². The minimum absolute atomic E-state index is 0.115. The number of alkyl halides is 1. The number of rotatable bonds is 4. The van der Waals surface area contributed by atoms with Crippen LogP contribution in [0.5, 0.6) is 0 Å². The summed E-state index contributed by atoms with van der Waals surface area (Å²) in [7, 11) is 0. The molecule has 2 amide bonds. The van der Waals surface area contributed by atoms with Crippen molar-refractivity contribution in [3.05, 3.63) is 0 Å². The van der Waals surface area contributed by atoms with Gasteiger partial charge in [-0.05, 0) is 26.7 Å². The zero-order valence-electron chi connectivity index (χ0n) is 10.0. The van der Waals surface area contributed by atoms with Crippen molar-refractivity contribution < 1.29 is 14.0 Å². The van der Waals surface area contributed by atoms with Crippen LogP contribution in [0.4, 0.5) is 4.39 Å². The van der Waals surface area contributed by atoms with Crippen molar-refractivity contribution in [3.63, 3.8) is 0 Å². The predicted octanol–water partition coefficient (Wildman–Crippen LogP) is 0.862. The highest BCUT2D eigenvalue weighted by Crippen LogP contribution is 2.21. The second-order valence-corrected chi connectivity index (χ2v) is 4.39. The van der Waals surface area contributed by atoms with Gasteiger partial charge in [-0.3, -0.25) is 14.0 Å². The Morgan fingerprint density at radius 1 is 1.50 bits per heavy atom. The van der Waals surface area contributed by atoms with Crippen LogP contribution < -0.4 is 5.32 Å². The van der Waals surface area contributed by atoms with Crippen molar-refractivity contribution in [1.29, 1.82) is 0 Å². The Bertz CT molecular complexity index is 296. The van der Waals surface area contributed by atoms with E-state index in [1.54, 1.807) is 13.8 Å². The molecule has 0 saturated carbocycles. The number of hydrogen-bond acceptors (Lipinski definition) is 2. The highest BCUT2D eigenvalue weighted by atomic mass is 19.1. The smallest absolute Gasteiger partial charge is 0.248 e. The summed E-state index contributed by atoms with van der Waals surface area (Å²) in [5.41, 5.74) is -0.833. The van der Waals surface area contributed by atoms with Crippen LogP contribution in [-0.4, -0.2) is 41.5 Å². The van der Waals surface area contributed by atoms with Gasteiger partial charge in [-0.1, -0.05) is 6.92 Å². The van der Waals surface area contributed by atoms with E-state index in [0.717, 1.165) is 0 Å². The molecule has 92 valence electrons. The molecule has 1 saturated heterocycles. The molecule has 0 aromatic carbocycles. The lowest BCUT2D eigenvalue weighted by Crippen LogP contribution is -2.68. The number of halogens is 1. The summed E-state index contributed by atoms with van der Waals surface area (Å²) >= 11 is 0. The van der Waals surface area contributed by atoms with Gasteiger partial charge in [-0.2, -0.15) is 0 Å². The van der Waals surface area contributed by atoms with Crippen LogP contribution in [0.1, 0.15) is 33.6 Å². The molecule has 0 aliphatic carbocycles. The van der Waals surface area contributed by atoms with Crippen LogP contribution >= 0.6 is 0 Å². The van der Waals surface area contributed by atoms with Crippen LogP contribution in [-0.2, 0) is 9.59 Å². The fourth-order valence-electron chi connectivity index (χ4n) is 1.83. The summed E-state index contributed by atoms with van der Waals surface area (Å²) in [5.74, 6) is -0.279. The standard InChI is InChI=1S/C11H19FN2O2/c1-4-11(3)10(16)14(7-5-6-12)8(2)9(15)13-11/h8H,4-7H2,1-3H3,(H,13,15). The van der Waals surface area contributed by atoms with E-state index >= 15 is 0 Å². The second-order valence-electron chi connectivity index (χ2n) is 4.39. The highest BCUT2D eigenvalue weighted by Gasteiger charge is 2.44. The van der Waals surface area contributed by atoms with E-state index in [-0.39, 0.29) is 18.2 Å². The number of amides is 2. The maximum Gasteiger partial charge on any atom is 0.248 e. The van der Waals surface area contributed by atoms with Crippen molar-refractivity contribution in [1.82, 2.24) is 10.2 Å². The zero-order valence-corrected chi connectivity index (χ0v) is 10.0. The summed E-state index contributed by atoms with van der Waals surface area (Å²) in [5, 5.41) is 2.72. The molecular weight excluding hydrogens is 211 g/mol. The van der Waals surface area contributed by atoms with Gasteiger partial charge in [-0.15, -0.1) is 0 Å². The Kier molecular flexibility index (Phi) is 3.88. The number of hydrogen-bond donors (Lipinski definition) is 1. The maximum atomic E-state index is 12.1. The first-order valence-electron chi connectivity index (χ1n) is 5.65. The summed E-state index contributed by atoms with van der Waals surface area (Å²) < 4.78 is 12.1. The molecule has 1 N–H and O–H groups in total. The SMILES string of the molecule is CCC1(C)NC(=O)C(C)N(CCCF)C1=O. The van der Waals surface area contributed by atoms with Gasteiger partial charge in [0.1, 0.15) is 11.6 Å². The molecule has 1 rings (SSSR count). The van der Waals surface area contributed by atoms with Crippen molar-refractivity contribution in [3.8, 4) is 0 Å². The minimum atomic E-state index is -0.833. The van der Waals surface area contributed by atoms with Crippen LogP contribution in [0.3, 0.4) is 0 Å². The first kappa shape index (κ1) is 12.9. The lowest BCUT2D eigenvalue weighted by molar-refractivity contribution is -0.153. The van der Waals surface area contributed by atoms with Gasteiger partial charge in [-0.25, -0.2) is 0 Å². The Labute approximate surface area is 95.2 Å².